The third-order valence-electron chi connectivity index (χ3n) is 1.96. The largest absolute Gasteiger partial charge is 0.481 e. The van der Waals surface area contributed by atoms with Crippen molar-refractivity contribution in [1.82, 2.24) is 20.2 Å². The Balaban J connectivity index is 2.43. The maximum Gasteiger partial charge on any atom is 0.313 e. The second-order valence-electron chi connectivity index (χ2n) is 3.27. The summed E-state index contributed by atoms with van der Waals surface area (Å²) >= 11 is 3.84. The fraction of sp³-hybridized carbons (Fsp3) is 0.111. The van der Waals surface area contributed by atoms with E-state index in [1.54, 1.807) is 0 Å². The Morgan fingerprint density at radius 2 is 2.21 bits per heavy atom. The lowest BCUT2D eigenvalue weighted by Crippen LogP contribution is -2.06. The topological polar surface area (TPSA) is 80.9 Å². The molecule has 0 aliphatic carbocycles. The van der Waals surface area contributed by atoms with Crippen LogP contribution in [0, 0.1) is 11.6 Å². The summed E-state index contributed by atoms with van der Waals surface area (Å²) < 4.78 is 27.9. The van der Waals surface area contributed by atoms with Crippen LogP contribution in [0.15, 0.2) is 21.8 Å². The van der Waals surface area contributed by atoms with E-state index in [2.05, 4.69) is 31.5 Å². The highest BCUT2D eigenvalue weighted by Crippen LogP contribution is 2.27. The van der Waals surface area contributed by atoms with Gasteiger partial charge in [0.15, 0.2) is 5.82 Å². The Bertz CT molecular complexity index is 613. The number of carbonyl (C=O) groups is 1. The van der Waals surface area contributed by atoms with Gasteiger partial charge in [-0.15, -0.1) is 5.10 Å². The summed E-state index contributed by atoms with van der Waals surface area (Å²) in [6, 6.07) is 1.75. The van der Waals surface area contributed by atoms with Gasteiger partial charge in [0.05, 0.1) is 5.75 Å². The van der Waals surface area contributed by atoms with E-state index in [-0.39, 0.29) is 21.1 Å². The number of halogens is 3. The van der Waals surface area contributed by atoms with E-state index in [4.69, 9.17) is 5.11 Å². The molecule has 0 aliphatic rings. The number of hydrogen-bond donors (Lipinski definition) is 1. The lowest BCUT2D eigenvalue weighted by atomic mass is 10.3. The summed E-state index contributed by atoms with van der Waals surface area (Å²) in [6.45, 7) is 0. The lowest BCUT2D eigenvalue weighted by Gasteiger charge is -2.07. The van der Waals surface area contributed by atoms with Gasteiger partial charge in [0.2, 0.25) is 5.16 Å². The number of benzene rings is 1. The van der Waals surface area contributed by atoms with Crippen LogP contribution in [-0.2, 0) is 4.79 Å². The number of carboxylic acids is 1. The number of aliphatic carboxylic acids is 1. The molecule has 0 aliphatic heterocycles. The first-order valence-electron chi connectivity index (χ1n) is 4.77. The van der Waals surface area contributed by atoms with Gasteiger partial charge >= 0.3 is 5.97 Å². The molecule has 0 radical (unpaired) electrons. The zero-order valence-electron chi connectivity index (χ0n) is 9.05. The number of carboxylic acid groups (broad SMARTS) is 1. The lowest BCUT2D eigenvalue weighted by molar-refractivity contribution is -0.133. The van der Waals surface area contributed by atoms with Gasteiger partial charge in [0.1, 0.15) is 11.5 Å². The zero-order valence-corrected chi connectivity index (χ0v) is 11.5. The molecule has 0 saturated carbocycles. The Hall–Kier alpha value is -1.55. The fourth-order valence-corrected chi connectivity index (χ4v) is 2.45. The van der Waals surface area contributed by atoms with E-state index in [1.807, 2.05) is 0 Å². The van der Waals surface area contributed by atoms with Gasteiger partial charge in [-0.2, -0.15) is 4.68 Å². The number of aromatic nitrogens is 4. The van der Waals surface area contributed by atoms with E-state index in [0.717, 1.165) is 22.5 Å². The molecule has 10 heteroatoms. The molecule has 0 atom stereocenters. The van der Waals surface area contributed by atoms with Crippen LogP contribution in [0.3, 0.4) is 0 Å². The van der Waals surface area contributed by atoms with Crippen molar-refractivity contribution in [3.63, 3.8) is 0 Å². The summed E-state index contributed by atoms with van der Waals surface area (Å²) in [5.41, 5.74) is -0.0840. The molecule has 19 heavy (non-hydrogen) atoms. The minimum atomic E-state index is -1.06. The van der Waals surface area contributed by atoms with Crippen LogP contribution in [0.2, 0.25) is 0 Å². The molecule has 0 saturated heterocycles. The van der Waals surface area contributed by atoms with Crippen LogP contribution < -0.4 is 0 Å². The van der Waals surface area contributed by atoms with Crippen LogP contribution >= 0.6 is 27.7 Å². The highest BCUT2D eigenvalue weighted by molar-refractivity contribution is 9.10. The summed E-state index contributed by atoms with van der Waals surface area (Å²) in [4.78, 5) is 10.5. The molecule has 1 aromatic heterocycles. The van der Waals surface area contributed by atoms with Crippen molar-refractivity contribution in [1.29, 1.82) is 0 Å². The summed E-state index contributed by atoms with van der Waals surface area (Å²) in [5, 5.41) is 19.2. The average molecular weight is 351 g/mol. The van der Waals surface area contributed by atoms with Gasteiger partial charge in [0, 0.05) is 10.5 Å². The summed E-state index contributed by atoms with van der Waals surface area (Å²) in [7, 11) is 0. The molecule has 6 nitrogen and oxygen atoms in total. The molecule has 0 bridgehead atoms. The third-order valence-corrected chi connectivity index (χ3v) is 3.47. The highest BCUT2D eigenvalue weighted by atomic mass is 79.9. The molecular formula is C9H5BrF2N4O2S. The van der Waals surface area contributed by atoms with E-state index >= 15 is 0 Å². The Labute approximate surface area is 117 Å². The normalized spacial score (nSPS) is 10.7. The zero-order chi connectivity index (χ0) is 14.0. The minimum Gasteiger partial charge on any atom is -0.481 e. The van der Waals surface area contributed by atoms with Gasteiger partial charge in [-0.1, -0.05) is 11.8 Å². The Morgan fingerprint density at radius 3 is 2.84 bits per heavy atom. The first-order valence-corrected chi connectivity index (χ1v) is 6.55. The number of rotatable bonds is 4. The van der Waals surface area contributed by atoms with Gasteiger partial charge in [-0.25, -0.2) is 8.78 Å². The second kappa shape index (κ2) is 5.61. The van der Waals surface area contributed by atoms with E-state index in [9.17, 15) is 13.6 Å². The molecule has 0 amide bonds. The maximum absolute atomic E-state index is 13.7. The van der Waals surface area contributed by atoms with Crippen LogP contribution in [-0.4, -0.2) is 37.0 Å². The van der Waals surface area contributed by atoms with Crippen LogP contribution in [0.25, 0.3) is 5.69 Å². The van der Waals surface area contributed by atoms with E-state index < -0.39 is 17.6 Å². The minimum absolute atomic E-state index is 0.0840. The monoisotopic (exact) mass is 350 g/mol. The number of tetrazole rings is 1. The van der Waals surface area contributed by atoms with Crippen molar-refractivity contribution >= 4 is 33.7 Å². The number of thioether (sulfide) groups is 1. The summed E-state index contributed by atoms with van der Waals surface area (Å²) in [5.74, 6) is -2.95. The quantitative estimate of drug-likeness (QED) is 0.848. The standard InChI is InChI=1S/C9H5BrF2N4O2S/c10-5-1-4(11)2-6(12)8(5)16-9(13-14-15-16)19-3-7(17)18/h1-2H,3H2,(H,17,18). The second-order valence-corrected chi connectivity index (χ2v) is 5.07. The molecule has 1 N–H and O–H groups in total. The Morgan fingerprint density at radius 1 is 1.47 bits per heavy atom. The molecule has 1 heterocycles. The smallest absolute Gasteiger partial charge is 0.313 e. The maximum atomic E-state index is 13.7. The van der Waals surface area contributed by atoms with Crippen molar-refractivity contribution in [2.45, 2.75) is 5.16 Å². The molecule has 100 valence electrons. The predicted molar refractivity (Wildman–Crippen MR) is 65.1 cm³/mol. The fourth-order valence-electron chi connectivity index (χ4n) is 1.27. The van der Waals surface area contributed by atoms with Gasteiger partial charge in [0.25, 0.3) is 0 Å². The van der Waals surface area contributed by atoms with Crippen LogP contribution in [0.4, 0.5) is 8.78 Å². The van der Waals surface area contributed by atoms with Crippen LogP contribution in [0.1, 0.15) is 0 Å². The summed E-state index contributed by atoms with van der Waals surface area (Å²) in [6.07, 6.45) is 0. The Kier molecular flexibility index (Phi) is 4.10. The number of nitrogens with zero attached hydrogens (tertiary/aromatic N) is 4. The van der Waals surface area contributed by atoms with Crippen LogP contribution in [0.5, 0.6) is 0 Å². The molecule has 0 unspecified atom stereocenters. The van der Waals surface area contributed by atoms with E-state index in [0.29, 0.717) is 6.07 Å². The highest BCUT2D eigenvalue weighted by Gasteiger charge is 2.18. The molecule has 2 aromatic rings. The van der Waals surface area contributed by atoms with Crippen molar-refractivity contribution in [2.75, 3.05) is 5.75 Å². The molecule has 0 spiro atoms. The SMILES string of the molecule is O=C(O)CSc1nnnn1-c1c(F)cc(F)cc1Br. The third kappa shape index (κ3) is 3.07. The first-order chi connectivity index (χ1) is 8.99. The van der Waals surface area contributed by atoms with Gasteiger partial charge < -0.3 is 5.11 Å². The van der Waals surface area contributed by atoms with Crippen molar-refractivity contribution < 1.29 is 18.7 Å². The van der Waals surface area contributed by atoms with E-state index in [1.165, 1.54) is 0 Å². The number of hydrogen-bond acceptors (Lipinski definition) is 5. The predicted octanol–water partition coefficient (Wildman–Crippen LogP) is 1.88. The first kappa shape index (κ1) is 13.9. The molecule has 1 aromatic carbocycles. The molecule has 0 fully saturated rings. The average Bonchev–Trinajstić information content (AvgIpc) is 2.73. The van der Waals surface area contributed by atoms with Gasteiger partial charge in [-0.05, 0) is 32.4 Å². The van der Waals surface area contributed by atoms with Crippen molar-refractivity contribution in [3.8, 4) is 5.69 Å². The van der Waals surface area contributed by atoms with Gasteiger partial charge in [-0.3, -0.25) is 4.79 Å². The van der Waals surface area contributed by atoms with Crippen molar-refractivity contribution in [2.24, 2.45) is 0 Å². The van der Waals surface area contributed by atoms with Crippen molar-refractivity contribution in [3.05, 3.63) is 28.2 Å². The molecule has 2 rings (SSSR count). The molecular weight excluding hydrogens is 346 g/mol.